The summed E-state index contributed by atoms with van der Waals surface area (Å²) in [7, 11) is 1.66. The number of rotatable bonds is 7. The van der Waals surface area contributed by atoms with Crippen LogP contribution < -0.4 is 10.1 Å². The van der Waals surface area contributed by atoms with Crippen molar-refractivity contribution in [1.29, 1.82) is 0 Å². The van der Waals surface area contributed by atoms with E-state index in [1.54, 1.807) is 7.11 Å². The van der Waals surface area contributed by atoms with Crippen molar-refractivity contribution in [3.8, 4) is 5.75 Å². The van der Waals surface area contributed by atoms with E-state index in [4.69, 9.17) is 4.74 Å². The summed E-state index contributed by atoms with van der Waals surface area (Å²) in [5, 5.41) is 3.24. The van der Waals surface area contributed by atoms with E-state index < -0.39 is 0 Å². The Morgan fingerprint density at radius 3 is 2.31 bits per heavy atom. The van der Waals surface area contributed by atoms with E-state index in [0.717, 1.165) is 44.0 Å². The Morgan fingerprint density at radius 2 is 1.65 bits per heavy atom. The highest BCUT2D eigenvalue weighted by atomic mass is 16.5. The van der Waals surface area contributed by atoms with Gasteiger partial charge in [-0.15, -0.1) is 0 Å². The maximum absolute atomic E-state index is 12.4. The molecule has 1 fully saturated rings. The minimum atomic E-state index is 0.179. The minimum absolute atomic E-state index is 0.179. The van der Waals surface area contributed by atoms with E-state index in [-0.39, 0.29) is 5.91 Å². The first-order valence-corrected chi connectivity index (χ1v) is 9.12. The Hall–Kier alpha value is -2.37. The number of ether oxygens (including phenoxy) is 1. The molecule has 1 aliphatic heterocycles. The molecule has 0 radical (unpaired) electrons. The lowest BCUT2D eigenvalue weighted by Gasteiger charge is -2.34. The van der Waals surface area contributed by atoms with Crippen LogP contribution in [0.5, 0.6) is 5.75 Å². The fourth-order valence-electron chi connectivity index (χ4n) is 3.17. The van der Waals surface area contributed by atoms with Crippen LogP contribution in [-0.2, 0) is 17.9 Å². The van der Waals surface area contributed by atoms with Crippen molar-refractivity contribution < 1.29 is 9.53 Å². The number of piperazine rings is 1. The number of hydrogen-bond acceptors (Lipinski definition) is 4. The van der Waals surface area contributed by atoms with Crippen LogP contribution in [0.4, 0.5) is 0 Å². The van der Waals surface area contributed by atoms with E-state index in [9.17, 15) is 4.79 Å². The fourth-order valence-corrected chi connectivity index (χ4v) is 3.17. The topological polar surface area (TPSA) is 44.8 Å². The van der Waals surface area contributed by atoms with Crippen LogP contribution in [0.3, 0.4) is 0 Å². The van der Waals surface area contributed by atoms with Gasteiger partial charge >= 0.3 is 0 Å². The average molecular weight is 353 g/mol. The predicted molar refractivity (Wildman–Crippen MR) is 103 cm³/mol. The monoisotopic (exact) mass is 353 g/mol. The van der Waals surface area contributed by atoms with Crippen LogP contribution in [0.25, 0.3) is 0 Å². The molecule has 1 aliphatic rings. The lowest BCUT2D eigenvalue weighted by Crippen LogP contribution is -2.50. The minimum Gasteiger partial charge on any atom is -0.497 e. The van der Waals surface area contributed by atoms with Crippen molar-refractivity contribution in [3.63, 3.8) is 0 Å². The molecule has 0 aliphatic carbocycles. The summed E-state index contributed by atoms with van der Waals surface area (Å²) in [4.78, 5) is 16.7. The first-order valence-electron chi connectivity index (χ1n) is 9.12. The lowest BCUT2D eigenvalue weighted by molar-refractivity contribution is -0.132. The van der Waals surface area contributed by atoms with Gasteiger partial charge in [0, 0.05) is 39.3 Å². The van der Waals surface area contributed by atoms with Crippen LogP contribution in [0.1, 0.15) is 11.1 Å². The first kappa shape index (κ1) is 18.4. The number of nitrogens with zero attached hydrogens (tertiary/aromatic N) is 2. The molecule has 0 aromatic heterocycles. The van der Waals surface area contributed by atoms with Crippen LogP contribution in [0.2, 0.25) is 0 Å². The summed E-state index contributed by atoms with van der Waals surface area (Å²) in [5.74, 6) is 1.02. The second kappa shape index (κ2) is 9.36. The zero-order valence-corrected chi connectivity index (χ0v) is 15.4. The summed E-state index contributed by atoms with van der Waals surface area (Å²) >= 11 is 0. The second-order valence-corrected chi connectivity index (χ2v) is 6.59. The number of nitrogens with one attached hydrogen (secondary N) is 1. The number of hydrogen-bond donors (Lipinski definition) is 1. The third-order valence-corrected chi connectivity index (χ3v) is 4.74. The maximum Gasteiger partial charge on any atom is 0.236 e. The zero-order valence-electron chi connectivity index (χ0n) is 15.4. The van der Waals surface area contributed by atoms with Gasteiger partial charge in [0.2, 0.25) is 5.91 Å². The Morgan fingerprint density at radius 1 is 0.962 bits per heavy atom. The summed E-state index contributed by atoms with van der Waals surface area (Å²) in [5.41, 5.74) is 2.47. The van der Waals surface area contributed by atoms with Gasteiger partial charge in [-0.3, -0.25) is 9.69 Å². The first-order chi connectivity index (χ1) is 12.7. The van der Waals surface area contributed by atoms with Crippen molar-refractivity contribution >= 4 is 5.91 Å². The van der Waals surface area contributed by atoms with Gasteiger partial charge in [0.1, 0.15) is 5.75 Å². The van der Waals surface area contributed by atoms with Crippen LogP contribution in [0.15, 0.2) is 54.6 Å². The van der Waals surface area contributed by atoms with Crippen molar-refractivity contribution in [3.05, 3.63) is 65.7 Å². The second-order valence-electron chi connectivity index (χ2n) is 6.59. The Bertz CT molecular complexity index is 680. The Labute approximate surface area is 155 Å². The quantitative estimate of drug-likeness (QED) is 0.828. The number of benzene rings is 2. The van der Waals surface area contributed by atoms with Crippen LogP contribution in [-0.4, -0.2) is 55.5 Å². The highest BCUT2D eigenvalue weighted by Gasteiger charge is 2.20. The average Bonchev–Trinajstić information content (AvgIpc) is 2.70. The molecule has 3 rings (SSSR count). The molecule has 0 spiro atoms. The zero-order chi connectivity index (χ0) is 18.2. The van der Waals surface area contributed by atoms with Crippen molar-refractivity contribution in [1.82, 2.24) is 15.1 Å². The molecule has 0 unspecified atom stereocenters. The predicted octanol–water partition coefficient (Wildman–Crippen LogP) is 2.13. The standard InChI is InChI=1S/C21H27N3O2/c1-26-20-9-7-18(8-10-20)15-22-16-21(25)24-13-11-23(12-14-24)17-19-5-3-2-4-6-19/h2-10,22H,11-17H2,1H3. The van der Waals surface area contributed by atoms with E-state index in [1.165, 1.54) is 5.56 Å². The van der Waals surface area contributed by atoms with Crippen LogP contribution >= 0.6 is 0 Å². The highest BCUT2D eigenvalue weighted by Crippen LogP contribution is 2.11. The molecule has 5 heteroatoms. The molecule has 1 heterocycles. The molecule has 1 amide bonds. The Kier molecular flexibility index (Phi) is 6.63. The maximum atomic E-state index is 12.4. The molecular weight excluding hydrogens is 326 g/mol. The smallest absolute Gasteiger partial charge is 0.236 e. The van der Waals surface area contributed by atoms with Gasteiger partial charge in [0.25, 0.3) is 0 Å². The normalized spacial score (nSPS) is 15.0. The molecule has 26 heavy (non-hydrogen) atoms. The number of carbonyl (C=O) groups is 1. The molecule has 0 bridgehead atoms. The van der Waals surface area contributed by atoms with Crippen molar-refractivity contribution in [2.24, 2.45) is 0 Å². The molecule has 138 valence electrons. The summed E-state index contributed by atoms with van der Waals surface area (Å²) in [6.07, 6.45) is 0. The SMILES string of the molecule is COc1ccc(CNCC(=O)N2CCN(Cc3ccccc3)CC2)cc1. The fraction of sp³-hybridized carbons (Fsp3) is 0.381. The molecular formula is C21H27N3O2. The van der Waals surface area contributed by atoms with Crippen molar-refractivity contribution in [2.45, 2.75) is 13.1 Å². The molecule has 5 nitrogen and oxygen atoms in total. The molecule has 2 aromatic carbocycles. The van der Waals surface area contributed by atoms with Gasteiger partial charge in [0.05, 0.1) is 13.7 Å². The van der Waals surface area contributed by atoms with E-state index in [1.807, 2.05) is 35.2 Å². The third-order valence-electron chi connectivity index (χ3n) is 4.74. The summed E-state index contributed by atoms with van der Waals surface area (Å²) < 4.78 is 5.15. The van der Waals surface area contributed by atoms with E-state index in [2.05, 4.69) is 34.5 Å². The Balaban J connectivity index is 1.36. The third kappa shape index (κ3) is 5.31. The molecule has 1 N–H and O–H groups in total. The lowest BCUT2D eigenvalue weighted by atomic mass is 10.2. The number of methoxy groups -OCH3 is 1. The molecule has 0 saturated carbocycles. The van der Waals surface area contributed by atoms with E-state index in [0.29, 0.717) is 13.1 Å². The number of carbonyl (C=O) groups excluding carboxylic acids is 1. The summed E-state index contributed by atoms with van der Waals surface area (Å²) in [6.45, 7) is 5.48. The highest BCUT2D eigenvalue weighted by molar-refractivity contribution is 5.78. The van der Waals surface area contributed by atoms with Gasteiger partial charge in [-0.05, 0) is 23.3 Å². The van der Waals surface area contributed by atoms with E-state index >= 15 is 0 Å². The summed E-state index contributed by atoms with van der Waals surface area (Å²) in [6, 6.07) is 18.4. The van der Waals surface area contributed by atoms with Gasteiger partial charge in [0.15, 0.2) is 0 Å². The molecule has 1 saturated heterocycles. The largest absolute Gasteiger partial charge is 0.497 e. The molecule has 2 aromatic rings. The molecule has 0 atom stereocenters. The van der Waals surface area contributed by atoms with Gasteiger partial charge in [-0.2, -0.15) is 0 Å². The van der Waals surface area contributed by atoms with Crippen LogP contribution in [0, 0.1) is 0 Å². The van der Waals surface area contributed by atoms with Gasteiger partial charge in [-0.25, -0.2) is 0 Å². The van der Waals surface area contributed by atoms with Gasteiger partial charge in [-0.1, -0.05) is 42.5 Å². The number of amides is 1. The van der Waals surface area contributed by atoms with Gasteiger partial charge < -0.3 is 15.0 Å². The van der Waals surface area contributed by atoms with Crippen molar-refractivity contribution in [2.75, 3.05) is 39.8 Å².